The molecule has 0 bridgehead atoms. The Balaban J connectivity index is 1.78. The molecule has 1 atom stereocenters. The normalized spacial score (nSPS) is 17.3. The van der Waals surface area contributed by atoms with E-state index < -0.39 is 12.1 Å². The van der Waals surface area contributed by atoms with Gasteiger partial charge in [-0.15, -0.1) is 0 Å². The fourth-order valence-corrected chi connectivity index (χ4v) is 3.00. The largest absolute Gasteiger partial charge is 0.463 e. The first-order valence-corrected chi connectivity index (χ1v) is 7.90. The Bertz CT molecular complexity index is 914. The van der Waals surface area contributed by atoms with Crippen molar-refractivity contribution in [3.8, 4) is 11.5 Å². The topological polar surface area (TPSA) is 69.4 Å². The molecule has 1 aliphatic carbocycles. The van der Waals surface area contributed by atoms with Gasteiger partial charge in [-0.2, -0.15) is 0 Å². The number of carbonyl (C=O) groups is 2. The van der Waals surface area contributed by atoms with Crippen LogP contribution in [0.4, 0.5) is 0 Å². The van der Waals surface area contributed by atoms with Crippen molar-refractivity contribution in [2.45, 2.75) is 25.4 Å². The molecule has 2 aromatic heterocycles. The van der Waals surface area contributed by atoms with E-state index in [0.717, 1.165) is 6.42 Å². The highest BCUT2D eigenvalue weighted by Crippen LogP contribution is 2.27. The summed E-state index contributed by atoms with van der Waals surface area (Å²) < 4.78 is 10.8. The zero-order valence-electron chi connectivity index (χ0n) is 12.9. The van der Waals surface area contributed by atoms with Crippen LogP contribution >= 0.6 is 0 Å². The van der Waals surface area contributed by atoms with E-state index in [1.165, 1.54) is 0 Å². The third kappa shape index (κ3) is 2.58. The summed E-state index contributed by atoms with van der Waals surface area (Å²) in [5, 5.41) is 0.697. The number of hydrogen-bond acceptors (Lipinski definition) is 5. The third-order valence-corrected chi connectivity index (χ3v) is 4.21. The van der Waals surface area contributed by atoms with Crippen LogP contribution in [0.25, 0.3) is 22.4 Å². The fraction of sp³-hybridized carbons (Fsp3) is 0.211. The molecule has 120 valence electrons. The van der Waals surface area contributed by atoms with Gasteiger partial charge in [0, 0.05) is 11.8 Å². The summed E-state index contributed by atoms with van der Waals surface area (Å²) in [5.74, 6) is 0.0707. The molecule has 0 saturated heterocycles. The summed E-state index contributed by atoms with van der Waals surface area (Å²) in [7, 11) is 0. The van der Waals surface area contributed by atoms with Gasteiger partial charge in [-0.3, -0.25) is 4.79 Å². The highest BCUT2D eigenvalue weighted by Gasteiger charge is 2.29. The van der Waals surface area contributed by atoms with Gasteiger partial charge in [0.1, 0.15) is 5.69 Å². The van der Waals surface area contributed by atoms with Crippen molar-refractivity contribution < 1.29 is 18.7 Å². The second-order valence-corrected chi connectivity index (χ2v) is 5.80. The number of para-hydroxylation sites is 1. The first-order chi connectivity index (χ1) is 11.7. The summed E-state index contributed by atoms with van der Waals surface area (Å²) in [5.41, 5.74) is 1.63. The van der Waals surface area contributed by atoms with E-state index in [9.17, 15) is 9.59 Å². The van der Waals surface area contributed by atoms with Crippen LogP contribution < -0.4 is 0 Å². The Kier molecular flexibility index (Phi) is 3.61. The average molecular weight is 321 g/mol. The van der Waals surface area contributed by atoms with E-state index in [0.29, 0.717) is 40.8 Å². The number of pyridine rings is 1. The number of ketones is 1. The molecule has 1 aromatic carbocycles. The Morgan fingerprint density at radius 3 is 2.83 bits per heavy atom. The Morgan fingerprint density at radius 1 is 1.21 bits per heavy atom. The van der Waals surface area contributed by atoms with Crippen LogP contribution in [0.1, 0.15) is 29.6 Å². The van der Waals surface area contributed by atoms with E-state index in [2.05, 4.69) is 4.98 Å². The first-order valence-electron chi connectivity index (χ1n) is 7.90. The lowest BCUT2D eigenvalue weighted by Crippen LogP contribution is -2.22. The lowest BCUT2D eigenvalue weighted by Gasteiger charge is -2.12. The van der Waals surface area contributed by atoms with E-state index in [1.54, 1.807) is 24.5 Å². The Labute approximate surface area is 138 Å². The number of carbonyl (C=O) groups excluding carboxylic acids is 2. The zero-order valence-corrected chi connectivity index (χ0v) is 12.9. The van der Waals surface area contributed by atoms with Crippen LogP contribution in [0.15, 0.2) is 53.1 Å². The van der Waals surface area contributed by atoms with Crippen LogP contribution in [0.3, 0.4) is 0 Å². The van der Waals surface area contributed by atoms with E-state index >= 15 is 0 Å². The molecule has 0 unspecified atom stereocenters. The van der Waals surface area contributed by atoms with Crippen molar-refractivity contribution in [3.63, 3.8) is 0 Å². The summed E-state index contributed by atoms with van der Waals surface area (Å²) in [6.45, 7) is 0. The maximum atomic E-state index is 12.6. The smallest absolute Gasteiger partial charge is 0.339 e. The number of nitrogens with zero attached hydrogens (tertiary/aromatic N) is 1. The molecule has 0 radical (unpaired) electrons. The SMILES string of the molecule is O=C(O[C@H]1CCCC1=O)c1cc(-c2ccco2)nc2ccccc12. The summed E-state index contributed by atoms with van der Waals surface area (Å²) in [6.07, 6.45) is 2.77. The molecule has 0 aliphatic heterocycles. The second kappa shape index (κ2) is 5.92. The molecule has 1 saturated carbocycles. The monoisotopic (exact) mass is 321 g/mol. The minimum absolute atomic E-state index is 0.00651. The Morgan fingerprint density at radius 2 is 2.08 bits per heavy atom. The lowest BCUT2D eigenvalue weighted by atomic mass is 10.1. The molecule has 5 heteroatoms. The van der Waals surface area contributed by atoms with Crippen LogP contribution in [0, 0.1) is 0 Å². The van der Waals surface area contributed by atoms with Gasteiger partial charge < -0.3 is 9.15 Å². The van der Waals surface area contributed by atoms with Crippen molar-refractivity contribution in [2.24, 2.45) is 0 Å². The number of esters is 1. The molecule has 0 amide bonds. The molecule has 1 aliphatic rings. The fourth-order valence-electron chi connectivity index (χ4n) is 3.00. The van der Waals surface area contributed by atoms with Gasteiger partial charge in [-0.05, 0) is 37.1 Å². The predicted molar refractivity (Wildman–Crippen MR) is 87.5 cm³/mol. The van der Waals surface area contributed by atoms with E-state index in [1.807, 2.05) is 24.3 Å². The Hall–Kier alpha value is -2.95. The van der Waals surface area contributed by atoms with E-state index in [-0.39, 0.29) is 5.78 Å². The van der Waals surface area contributed by atoms with Crippen molar-refractivity contribution in [1.82, 2.24) is 4.98 Å². The van der Waals surface area contributed by atoms with Crippen molar-refractivity contribution >= 4 is 22.7 Å². The number of hydrogen-bond donors (Lipinski definition) is 0. The number of aromatic nitrogens is 1. The highest BCUT2D eigenvalue weighted by molar-refractivity contribution is 6.05. The molecule has 3 aromatic rings. The second-order valence-electron chi connectivity index (χ2n) is 5.80. The summed E-state index contributed by atoms with van der Waals surface area (Å²) in [6, 6.07) is 12.6. The quantitative estimate of drug-likeness (QED) is 0.687. The molecule has 0 N–H and O–H groups in total. The maximum absolute atomic E-state index is 12.6. The minimum atomic E-state index is -0.628. The zero-order chi connectivity index (χ0) is 16.5. The summed E-state index contributed by atoms with van der Waals surface area (Å²) >= 11 is 0. The van der Waals surface area contributed by atoms with E-state index in [4.69, 9.17) is 9.15 Å². The molecule has 2 heterocycles. The first kappa shape index (κ1) is 14.6. The van der Waals surface area contributed by atoms with Gasteiger partial charge in [-0.1, -0.05) is 18.2 Å². The van der Waals surface area contributed by atoms with Crippen molar-refractivity contribution in [1.29, 1.82) is 0 Å². The molecular formula is C19H15NO4. The number of rotatable bonds is 3. The third-order valence-electron chi connectivity index (χ3n) is 4.21. The number of ether oxygens (including phenoxy) is 1. The van der Waals surface area contributed by atoms with Crippen LogP contribution in [-0.4, -0.2) is 22.8 Å². The summed E-state index contributed by atoms with van der Waals surface area (Å²) in [4.78, 5) is 28.9. The molecular weight excluding hydrogens is 306 g/mol. The molecule has 0 spiro atoms. The number of Topliss-reactive ketones (excluding diaryl/α,β-unsaturated/α-hetero) is 1. The van der Waals surface area contributed by atoms with Crippen molar-refractivity contribution in [2.75, 3.05) is 0 Å². The minimum Gasteiger partial charge on any atom is -0.463 e. The maximum Gasteiger partial charge on any atom is 0.339 e. The highest BCUT2D eigenvalue weighted by atomic mass is 16.5. The standard InChI is InChI=1S/C19H15NO4/c21-16-7-3-8-18(16)24-19(22)13-11-15(17-9-4-10-23-17)20-14-6-2-1-5-12(13)14/h1-2,4-6,9-11,18H,3,7-8H2/t18-/m0/s1. The van der Waals surface area contributed by atoms with Crippen LogP contribution in [0.5, 0.6) is 0 Å². The van der Waals surface area contributed by atoms with Gasteiger partial charge in [-0.25, -0.2) is 9.78 Å². The number of benzene rings is 1. The van der Waals surface area contributed by atoms with Gasteiger partial charge in [0.2, 0.25) is 0 Å². The molecule has 4 rings (SSSR count). The van der Waals surface area contributed by atoms with Crippen LogP contribution in [0.2, 0.25) is 0 Å². The van der Waals surface area contributed by atoms with Gasteiger partial charge >= 0.3 is 5.97 Å². The molecule has 5 nitrogen and oxygen atoms in total. The van der Waals surface area contributed by atoms with Crippen molar-refractivity contribution in [3.05, 3.63) is 54.3 Å². The lowest BCUT2D eigenvalue weighted by molar-refractivity contribution is -0.124. The van der Waals surface area contributed by atoms with Gasteiger partial charge in [0.25, 0.3) is 0 Å². The predicted octanol–water partition coefficient (Wildman–Crippen LogP) is 3.77. The number of furan rings is 1. The van der Waals surface area contributed by atoms with Gasteiger partial charge in [0.05, 0.1) is 17.3 Å². The number of fused-ring (bicyclic) bond motifs is 1. The van der Waals surface area contributed by atoms with Gasteiger partial charge in [0.15, 0.2) is 17.6 Å². The average Bonchev–Trinajstić information content (AvgIpc) is 3.26. The molecule has 1 fully saturated rings. The molecule has 24 heavy (non-hydrogen) atoms. The van der Waals surface area contributed by atoms with Crippen LogP contribution in [-0.2, 0) is 9.53 Å².